The number of aromatic nitrogens is 1. The molecular formula is C24H27N3O3S. The summed E-state index contributed by atoms with van der Waals surface area (Å²) in [6, 6.07) is 11.6. The summed E-state index contributed by atoms with van der Waals surface area (Å²) in [4.78, 5) is 19.8. The molecular weight excluding hydrogens is 410 g/mol. The molecule has 2 N–H and O–H groups in total. The number of hydrogen-bond donors (Lipinski definition) is 2. The van der Waals surface area contributed by atoms with Gasteiger partial charge in [0, 0.05) is 23.7 Å². The number of methoxy groups -OCH3 is 1. The minimum absolute atomic E-state index is 0.0905. The smallest absolute Gasteiger partial charge is 0.228 e. The Kier molecular flexibility index (Phi) is 5.10. The van der Waals surface area contributed by atoms with Crippen LogP contribution in [-0.4, -0.2) is 41.1 Å². The molecule has 2 fully saturated rings. The largest absolute Gasteiger partial charge is 0.504 e. The summed E-state index contributed by atoms with van der Waals surface area (Å²) < 4.78 is 6.36. The molecule has 7 heteroatoms. The number of nitrogens with one attached hydrogen (secondary N) is 1. The zero-order chi connectivity index (χ0) is 21.6. The minimum atomic E-state index is 0.0905. The van der Waals surface area contributed by atoms with Crippen LogP contribution in [0.4, 0.5) is 5.69 Å². The first-order chi connectivity index (χ1) is 15.0. The highest BCUT2D eigenvalue weighted by Gasteiger charge is 2.58. The van der Waals surface area contributed by atoms with E-state index in [2.05, 4.69) is 15.2 Å². The predicted molar refractivity (Wildman–Crippen MR) is 123 cm³/mol. The van der Waals surface area contributed by atoms with Crippen molar-refractivity contribution in [2.45, 2.75) is 32.7 Å². The fourth-order valence-corrected chi connectivity index (χ4v) is 5.69. The molecule has 1 aromatic heterocycles. The molecule has 2 aromatic carbocycles. The van der Waals surface area contributed by atoms with E-state index >= 15 is 0 Å². The predicted octanol–water partition coefficient (Wildman–Crippen LogP) is 4.56. The lowest BCUT2D eigenvalue weighted by atomic mass is 9.90. The number of hydrogen-bond acceptors (Lipinski definition) is 6. The maximum absolute atomic E-state index is 12.9. The van der Waals surface area contributed by atoms with Gasteiger partial charge in [0.15, 0.2) is 11.5 Å². The van der Waals surface area contributed by atoms with Crippen LogP contribution < -0.4 is 10.1 Å². The molecule has 5 rings (SSSR count). The minimum Gasteiger partial charge on any atom is -0.504 e. The number of rotatable bonds is 5. The van der Waals surface area contributed by atoms with Crippen LogP contribution in [0.5, 0.6) is 11.5 Å². The molecule has 31 heavy (non-hydrogen) atoms. The Morgan fingerprint density at radius 2 is 2.13 bits per heavy atom. The number of phenolic OH excluding ortho intramolecular Hbond substituents is 1. The molecule has 2 aliphatic rings. The van der Waals surface area contributed by atoms with Crippen LogP contribution in [0.1, 0.15) is 29.8 Å². The highest BCUT2D eigenvalue weighted by atomic mass is 32.1. The van der Waals surface area contributed by atoms with Crippen molar-refractivity contribution >= 4 is 33.1 Å². The van der Waals surface area contributed by atoms with Crippen molar-refractivity contribution in [1.82, 2.24) is 9.88 Å². The van der Waals surface area contributed by atoms with Crippen molar-refractivity contribution in [1.29, 1.82) is 0 Å². The second-order valence-electron chi connectivity index (χ2n) is 8.77. The third-order valence-electron chi connectivity index (χ3n) is 6.82. The highest BCUT2D eigenvalue weighted by Crippen LogP contribution is 2.59. The zero-order valence-corrected chi connectivity index (χ0v) is 18.7. The third kappa shape index (κ3) is 3.88. The number of aromatic hydroxyl groups is 1. The molecule has 1 amide bonds. The van der Waals surface area contributed by atoms with Gasteiger partial charge in [-0.25, -0.2) is 4.98 Å². The molecule has 1 saturated heterocycles. The van der Waals surface area contributed by atoms with Gasteiger partial charge in [-0.3, -0.25) is 9.69 Å². The van der Waals surface area contributed by atoms with Crippen molar-refractivity contribution in [2.75, 3.05) is 25.5 Å². The van der Waals surface area contributed by atoms with Crippen LogP contribution in [0.15, 0.2) is 36.4 Å². The number of carbonyl (C=O) groups excluding carboxylic acids is 1. The molecule has 1 atom stereocenters. The topological polar surface area (TPSA) is 74.7 Å². The maximum Gasteiger partial charge on any atom is 0.228 e. The maximum atomic E-state index is 12.9. The summed E-state index contributed by atoms with van der Waals surface area (Å²) in [5.74, 6) is 0.954. The number of amides is 1. The Morgan fingerprint density at radius 1 is 1.32 bits per heavy atom. The Balaban J connectivity index is 1.17. The summed E-state index contributed by atoms with van der Waals surface area (Å²) in [6.45, 7) is 4.57. The Labute approximate surface area is 185 Å². The van der Waals surface area contributed by atoms with Crippen LogP contribution in [0, 0.1) is 18.3 Å². The fraction of sp³-hybridized carbons (Fsp3) is 0.417. The Morgan fingerprint density at radius 3 is 2.90 bits per heavy atom. The number of benzene rings is 2. The molecule has 2 heterocycles. The van der Waals surface area contributed by atoms with Gasteiger partial charge in [0.25, 0.3) is 0 Å². The molecule has 1 saturated carbocycles. The van der Waals surface area contributed by atoms with Gasteiger partial charge in [0.2, 0.25) is 5.91 Å². The number of thiazole rings is 1. The lowest BCUT2D eigenvalue weighted by Gasteiger charge is -2.33. The van der Waals surface area contributed by atoms with Gasteiger partial charge in [-0.05, 0) is 69.0 Å². The average Bonchev–Trinajstić information content (AvgIpc) is 3.33. The van der Waals surface area contributed by atoms with Gasteiger partial charge in [-0.15, -0.1) is 11.3 Å². The molecule has 1 unspecified atom stereocenters. The quantitative estimate of drug-likeness (QED) is 0.612. The fourth-order valence-electron chi connectivity index (χ4n) is 4.88. The van der Waals surface area contributed by atoms with Crippen molar-refractivity contribution < 1.29 is 14.6 Å². The summed E-state index contributed by atoms with van der Waals surface area (Å²) >= 11 is 1.67. The van der Waals surface area contributed by atoms with Gasteiger partial charge in [0.1, 0.15) is 0 Å². The highest BCUT2D eigenvalue weighted by molar-refractivity contribution is 7.18. The molecule has 1 spiro atoms. The van der Waals surface area contributed by atoms with Crippen LogP contribution in [0.2, 0.25) is 0 Å². The van der Waals surface area contributed by atoms with E-state index in [1.54, 1.807) is 24.5 Å². The first kappa shape index (κ1) is 20.3. The zero-order valence-electron chi connectivity index (χ0n) is 17.9. The molecule has 1 aliphatic heterocycles. The van der Waals surface area contributed by atoms with E-state index in [-0.39, 0.29) is 23.0 Å². The van der Waals surface area contributed by atoms with Crippen LogP contribution in [0.25, 0.3) is 10.2 Å². The number of ether oxygens (including phenoxy) is 1. The molecule has 6 nitrogen and oxygen atoms in total. The number of phenols is 1. The van der Waals surface area contributed by atoms with Gasteiger partial charge in [0.05, 0.1) is 22.3 Å². The SMILES string of the molecule is COc1cccc(CN2CCC3(CC2)CC3C(=O)Nc2ccc3sc(C)nc3c2)c1O. The number of para-hydroxylation sites is 1. The van der Waals surface area contributed by atoms with E-state index in [1.807, 2.05) is 37.3 Å². The molecule has 0 radical (unpaired) electrons. The van der Waals surface area contributed by atoms with E-state index in [4.69, 9.17) is 4.74 Å². The van der Waals surface area contributed by atoms with Crippen molar-refractivity contribution in [3.05, 3.63) is 47.0 Å². The summed E-state index contributed by atoms with van der Waals surface area (Å²) in [5.41, 5.74) is 2.79. The van der Waals surface area contributed by atoms with Crippen LogP contribution in [0.3, 0.4) is 0 Å². The van der Waals surface area contributed by atoms with Crippen LogP contribution in [-0.2, 0) is 11.3 Å². The second-order valence-corrected chi connectivity index (χ2v) is 10.0. The Bertz CT molecular complexity index is 1130. The first-order valence-corrected chi connectivity index (χ1v) is 11.5. The average molecular weight is 438 g/mol. The van der Waals surface area contributed by atoms with Gasteiger partial charge in [-0.1, -0.05) is 12.1 Å². The van der Waals surface area contributed by atoms with Crippen molar-refractivity contribution in [2.24, 2.45) is 11.3 Å². The lowest BCUT2D eigenvalue weighted by Crippen LogP contribution is -2.35. The second kappa shape index (κ2) is 7.80. The van der Waals surface area contributed by atoms with Crippen molar-refractivity contribution in [3.8, 4) is 11.5 Å². The monoisotopic (exact) mass is 437 g/mol. The van der Waals surface area contributed by atoms with Crippen LogP contribution >= 0.6 is 11.3 Å². The van der Waals surface area contributed by atoms with E-state index in [1.165, 1.54) is 0 Å². The summed E-state index contributed by atoms with van der Waals surface area (Å²) in [5, 5.41) is 14.5. The number of fused-ring (bicyclic) bond motifs is 1. The number of anilines is 1. The van der Waals surface area contributed by atoms with E-state index in [9.17, 15) is 9.90 Å². The standard InChI is InChI=1S/C24H27N3O3S/c1-15-25-19-12-17(6-7-21(19)31-15)26-23(29)18-13-24(18)8-10-27(11-9-24)14-16-4-3-5-20(30-2)22(16)28/h3-7,12,18,28H,8-11,13-14H2,1-2H3,(H,26,29). The molecule has 3 aromatic rings. The number of carbonyl (C=O) groups is 1. The first-order valence-electron chi connectivity index (χ1n) is 10.7. The molecule has 162 valence electrons. The van der Waals surface area contributed by atoms with E-state index < -0.39 is 0 Å². The number of aryl methyl sites for hydroxylation is 1. The lowest BCUT2D eigenvalue weighted by molar-refractivity contribution is -0.118. The summed E-state index contributed by atoms with van der Waals surface area (Å²) in [6.07, 6.45) is 3.00. The molecule has 0 bridgehead atoms. The Hall–Kier alpha value is -2.64. The number of nitrogens with zero attached hydrogens (tertiary/aromatic N) is 2. The van der Waals surface area contributed by atoms with Gasteiger partial charge in [-0.2, -0.15) is 0 Å². The number of piperidine rings is 1. The number of likely N-dealkylation sites (tertiary alicyclic amines) is 1. The van der Waals surface area contributed by atoms with Gasteiger partial charge < -0.3 is 15.2 Å². The van der Waals surface area contributed by atoms with Gasteiger partial charge >= 0.3 is 0 Å². The normalized spacial score (nSPS) is 20.1. The summed E-state index contributed by atoms with van der Waals surface area (Å²) in [7, 11) is 1.57. The third-order valence-corrected chi connectivity index (χ3v) is 7.77. The van der Waals surface area contributed by atoms with Crippen molar-refractivity contribution in [3.63, 3.8) is 0 Å². The van der Waals surface area contributed by atoms with E-state index in [0.717, 1.165) is 58.8 Å². The van der Waals surface area contributed by atoms with E-state index in [0.29, 0.717) is 12.3 Å². The molecule has 1 aliphatic carbocycles.